The standard InChI is InChI=1S/C18H15ClN4O/c19-13-7-5-12(6-8-13)9-23-10-16(20-11-23)17-21-15-4-2-1-3-14(15)18(24)22-17/h1-8,10-11,17,21H,9H2,(H,22,24). The molecule has 1 unspecified atom stereocenters. The minimum atomic E-state index is -0.334. The topological polar surface area (TPSA) is 59.0 Å². The monoisotopic (exact) mass is 338 g/mol. The Kier molecular flexibility index (Phi) is 3.70. The van der Waals surface area contributed by atoms with Gasteiger partial charge in [0.2, 0.25) is 0 Å². The predicted molar refractivity (Wildman–Crippen MR) is 93.1 cm³/mol. The number of carbonyl (C=O) groups excluding carboxylic acids is 1. The van der Waals surface area contributed by atoms with E-state index in [2.05, 4.69) is 15.6 Å². The summed E-state index contributed by atoms with van der Waals surface area (Å²) in [5.41, 5.74) is 3.37. The fourth-order valence-electron chi connectivity index (χ4n) is 2.77. The van der Waals surface area contributed by atoms with Crippen LogP contribution in [0.2, 0.25) is 5.02 Å². The van der Waals surface area contributed by atoms with Gasteiger partial charge in [0.1, 0.15) is 11.9 Å². The van der Waals surface area contributed by atoms with Gasteiger partial charge >= 0.3 is 0 Å². The van der Waals surface area contributed by atoms with Gasteiger partial charge < -0.3 is 15.2 Å². The third-order valence-electron chi connectivity index (χ3n) is 3.97. The fourth-order valence-corrected chi connectivity index (χ4v) is 2.89. The Morgan fingerprint density at radius 3 is 2.71 bits per heavy atom. The summed E-state index contributed by atoms with van der Waals surface area (Å²) < 4.78 is 1.98. The molecule has 1 aliphatic rings. The van der Waals surface area contributed by atoms with Gasteiger partial charge in [-0.05, 0) is 29.8 Å². The second kappa shape index (κ2) is 6.02. The third kappa shape index (κ3) is 2.86. The number of benzene rings is 2. The van der Waals surface area contributed by atoms with Crippen molar-refractivity contribution >= 4 is 23.2 Å². The smallest absolute Gasteiger partial charge is 0.255 e. The lowest BCUT2D eigenvalue weighted by Gasteiger charge is -2.26. The molecular weight excluding hydrogens is 324 g/mol. The first-order chi connectivity index (χ1) is 11.7. The highest BCUT2D eigenvalue weighted by Gasteiger charge is 2.25. The van der Waals surface area contributed by atoms with Crippen molar-refractivity contribution in [2.45, 2.75) is 12.7 Å². The molecule has 1 amide bonds. The molecular formula is C18H15ClN4O. The number of aromatic nitrogens is 2. The van der Waals surface area contributed by atoms with Gasteiger partial charge in [-0.1, -0.05) is 35.9 Å². The van der Waals surface area contributed by atoms with Gasteiger partial charge in [0.05, 0.1) is 11.9 Å². The van der Waals surface area contributed by atoms with Gasteiger partial charge in [0.25, 0.3) is 5.91 Å². The summed E-state index contributed by atoms with van der Waals surface area (Å²) in [7, 11) is 0. The van der Waals surface area contributed by atoms with Crippen molar-refractivity contribution < 1.29 is 4.79 Å². The Bertz CT molecular complexity index is 888. The summed E-state index contributed by atoms with van der Waals surface area (Å²) in [6.45, 7) is 0.696. The van der Waals surface area contributed by atoms with Crippen molar-refractivity contribution in [2.75, 3.05) is 5.32 Å². The van der Waals surface area contributed by atoms with Crippen LogP contribution in [0.15, 0.2) is 61.1 Å². The van der Waals surface area contributed by atoms with E-state index in [1.165, 1.54) is 0 Å². The number of nitrogens with zero attached hydrogens (tertiary/aromatic N) is 2. The first-order valence-electron chi connectivity index (χ1n) is 7.61. The fraction of sp³-hybridized carbons (Fsp3) is 0.111. The maximum atomic E-state index is 12.2. The number of amides is 1. The quantitative estimate of drug-likeness (QED) is 0.769. The predicted octanol–water partition coefficient (Wildman–Crippen LogP) is 3.44. The maximum absolute atomic E-state index is 12.2. The lowest BCUT2D eigenvalue weighted by Crippen LogP contribution is -2.38. The van der Waals surface area contributed by atoms with Gasteiger partial charge in [0, 0.05) is 23.5 Å². The Hall–Kier alpha value is -2.79. The van der Waals surface area contributed by atoms with Crippen molar-refractivity contribution in [2.24, 2.45) is 0 Å². The summed E-state index contributed by atoms with van der Waals surface area (Å²) in [6, 6.07) is 15.2. The van der Waals surface area contributed by atoms with E-state index >= 15 is 0 Å². The number of nitrogens with one attached hydrogen (secondary N) is 2. The third-order valence-corrected chi connectivity index (χ3v) is 4.23. The Labute approximate surface area is 144 Å². The highest BCUT2D eigenvalue weighted by molar-refractivity contribution is 6.30. The summed E-state index contributed by atoms with van der Waals surface area (Å²) in [4.78, 5) is 16.6. The molecule has 0 bridgehead atoms. The molecule has 2 aromatic carbocycles. The normalized spacial score (nSPS) is 16.2. The number of halogens is 1. The number of anilines is 1. The van der Waals surface area contributed by atoms with E-state index in [4.69, 9.17) is 11.6 Å². The number of carbonyl (C=O) groups is 1. The van der Waals surface area contributed by atoms with Gasteiger partial charge in [-0.3, -0.25) is 4.79 Å². The largest absolute Gasteiger partial charge is 0.360 e. The first-order valence-corrected chi connectivity index (χ1v) is 7.99. The molecule has 1 aromatic heterocycles. The molecule has 0 spiro atoms. The molecule has 4 rings (SSSR count). The highest BCUT2D eigenvalue weighted by atomic mass is 35.5. The molecule has 24 heavy (non-hydrogen) atoms. The zero-order valence-electron chi connectivity index (χ0n) is 12.7. The zero-order valence-corrected chi connectivity index (χ0v) is 13.5. The molecule has 2 heterocycles. The Morgan fingerprint density at radius 1 is 1.08 bits per heavy atom. The van der Waals surface area contributed by atoms with Gasteiger partial charge in [0.15, 0.2) is 0 Å². The van der Waals surface area contributed by atoms with E-state index in [9.17, 15) is 4.79 Å². The minimum Gasteiger partial charge on any atom is -0.360 e. The van der Waals surface area contributed by atoms with E-state index in [1.54, 1.807) is 12.4 Å². The molecule has 2 N–H and O–H groups in total. The molecule has 5 nitrogen and oxygen atoms in total. The second-order valence-electron chi connectivity index (χ2n) is 5.69. The summed E-state index contributed by atoms with van der Waals surface area (Å²) in [5.74, 6) is -0.0957. The number of para-hydroxylation sites is 1. The lowest BCUT2D eigenvalue weighted by atomic mass is 10.1. The molecule has 0 fully saturated rings. The van der Waals surface area contributed by atoms with Crippen LogP contribution >= 0.6 is 11.6 Å². The van der Waals surface area contributed by atoms with E-state index in [1.807, 2.05) is 53.2 Å². The summed E-state index contributed by atoms with van der Waals surface area (Å²) in [5, 5.41) is 6.95. The van der Waals surface area contributed by atoms with Crippen LogP contribution in [0.4, 0.5) is 5.69 Å². The number of fused-ring (bicyclic) bond motifs is 1. The van der Waals surface area contributed by atoms with Crippen molar-refractivity contribution in [1.82, 2.24) is 14.9 Å². The maximum Gasteiger partial charge on any atom is 0.255 e. The van der Waals surface area contributed by atoms with Crippen molar-refractivity contribution in [3.05, 3.63) is 82.9 Å². The molecule has 0 saturated carbocycles. The van der Waals surface area contributed by atoms with Gasteiger partial charge in [-0.15, -0.1) is 0 Å². The molecule has 1 aliphatic heterocycles. The van der Waals surface area contributed by atoms with Crippen LogP contribution in [0.3, 0.4) is 0 Å². The Morgan fingerprint density at radius 2 is 1.88 bits per heavy atom. The average Bonchev–Trinajstić information content (AvgIpc) is 3.05. The van der Waals surface area contributed by atoms with Crippen LogP contribution in [0, 0.1) is 0 Å². The number of rotatable bonds is 3. The number of hydrogen-bond donors (Lipinski definition) is 2. The molecule has 0 aliphatic carbocycles. The van der Waals surface area contributed by atoms with E-state index in [0.29, 0.717) is 12.1 Å². The van der Waals surface area contributed by atoms with Crippen molar-refractivity contribution in [1.29, 1.82) is 0 Å². The molecule has 120 valence electrons. The SMILES string of the molecule is O=C1NC(c2cn(Cc3ccc(Cl)cc3)cn2)Nc2ccccc21. The molecule has 6 heteroatoms. The van der Waals surface area contributed by atoms with Gasteiger partial charge in [-0.25, -0.2) is 4.98 Å². The van der Waals surface area contributed by atoms with Crippen molar-refractivity contribution in [3.63, 3.8) is 0 Å². The number of hydrogen-bond acceptors (Lipinski definition) is 3. The summed E-state index contributed by atoms with van der Waals surface area (Å²) >= 11 is 5.91. The average molecular weight is 339 g/mol. The van der Waals surface area contributed by atoms with Crippen molar-refractivity contribution in [3.8, 4) is 0 Å². The van der Waals surface area contributed by atoms with E-state index in [0.717, 1.165) is 22.0 Å². The highest BCUT2D eigenvalue weighted by Crippen LogP contribution is 2.25. The van der Waals surface area contributed by atoms with Gasteiger partial charge in [-0.2, -0.15) is 0 Å². The second-order valence-corrected chi connectivity index (χ2v) is 6.13. The number of imidazole rings is 1. The van der Waals surface area contributed by atoms with E-state index in [-0.39, 0.29) is 12.1 Å². The molecule has 1 atom stereocenters. The van der Waals surface area contributed by atoms with E-state index < -0.39 is 0 Å². The molecule has 0 saturated heterocycles. The molecule has 3 aromatic rings. The van der Waals surface area contributed by atoms with Crippen LogP contribution in [0.5, 0.6) is 0 Å². The van der Waals surface area contributed by atoms with Crippen LogP contribution in [-0.2, 0) is 6.54 Å². The Balaban J connectivity index is 1.53. The zero-order chi connectivity index (χ0) is 16.5. The van der Waals surface area contributed by atoms with Crippen LogP contribution in [-0.4, -0.2) is 15.5 Å². The van der Waals surface area contributed by atoms with Crippen LogP contribution < -0.4 is 10.6 Å². The minimum absolute atomic E-state index is 0.0957. The molecule has 0 radical (unpaired) electrons. The summed E-state index contributed by atoms with van der Waals surface area (Å²) in [6.07, 6.45) is 3.36. The lowest BCUT2D eigenvalue weighted by molar-refractivity contribution is 0.0935. The van der Waals surface area contributed by atoms with Crippen LogP contribution in [0.25, 0.3) is 0 Å². The van der Waals surface area contributed by atoms with Crippen LogP contribution in [0.1, 0.15) is 27.8 Å². The first kappa shape index (κ1) is 14.8.